The summed E-state index contributed by atoms with van der Waals surface area (Å²) in [7, 11) is -3.43. The van der Waals surface area contributed by atoms with Gasteiger partial charge in [-0.2, -0.15) is 0 Å². The van der Waals surface area contributed by atoms with E-state index in [-0.39, 0.29) is 18.3 Å². The Labute approximate surface area is 233 Å². The molecule has 2 heterocycles. The third-order valence-corrected chi connectivity index (χ3v) is 9.39. The molecule has 9 nitrogen and oxygen atoms in total. The van der Waals surface area contributed by atoms with E-state index < -0.39 is 21.8 Å². The van der Waals surface area contributed by atoms with Gasteiger partial charge in [-0.1, -0.05) is 30.3 Å². The molecule has 0 aliphatic carbocycles. The zero-order chi connectivity index (χ0) is 28.3. The Morgan fingerprint density at radius 3 is 2.27 bits per heavy atom. The number of nitrogens with one attached hydrogen (secondary N) is 1. The van der Waals surface area contributed by atoms with E-state index in [0.29, 0.717) is 54.7 Å². The van der Waals surface area contributed by atoms with Crippen molar-refractivity contribution in [3.63, 3.8) is 0 Å². The molecule has 1 saturated heterocycles. The number of hydrogen-bond acceptors (Lipinski definition) is 5. The first-order valence-electron chi connectivity index (χ1n) is 13.2. The van der Waals surface area contributed by atoms with Crippen LogP contribution in [0.25, 0.3) is 22.0 Å². The lowest BCUT2D eigenvalue weighted by Gasteiger charge is -2.31. The Morgan fingerprint density at radius 2 is 1.62 bits per heavy atom. The van der Waals surface area contributed by atoms with Crippen LogP contribution in [0.2, 0.25) is 0 Å². The summed E-state index contributed by atoms with van der Waals surface area (Å²) in [6, 6.07) is 20.1. The van der Waals surface area contributed by atoms with Gasteiger partial charge in [-0.3, -0.25) is 9.59 Å². The maximum atomic E-state index is 13.0. The predicted octanol–water partition coefficient (Wildman–Crippen LogP) is 4.01. The molecule has 0 spiro atoms. The molecule has 1 aromatic heterocycles. The second-order valence-corrected chi connectivity index (χ2v) is 12.1. The van der Waals surface area contributed by atoms with E-state index in [2.05, 4.69) is 11.1 Å². The van der Waals surface area contributed by atoms with Gasteiger partial charge in [0, 0.05) is 30.2 Å². The maximum Gasteiger partial charge on any atom is 0.250 e. The highest BCUT2D eigenvalue weighted by Gasteiger charge is 2.30. The molecule has 3 aromatic carbocycles. The highest BCUT2D eigenvalue weighted by molar-refractivity contribution is 7.89. The summed E-state index contributed by atoms with van der Waals surface area (Å²) in [5, 5.41) is 0.942. The van der Waals surface area contributed by atoms with E-state index in [1.165, 1.54) is 0 Å². The lowest BCUT2D eigenvalue weighted by atomic mass is 9.88. The molecule has 0 unspecified atom stereocenters. The summed E-state index contributed by atoms with van der Waals surface area (Å²) in [6.45, 7) is 1.10. The number of nitrogens with two attached hydrogens (primary N) is 2. The number of aromatic nitrogens is 1. The monoisotopic (exact) mass is 560 g/mol. The van der Waals surface area contributed by atoms with Gasteiger partial charge in [-0.25, -0.2) is 12.7 Å². The van der Waals surface area contributed by atoms with E-state index >= 15 is 0 Å². The third kappa shape index (κ3) is 5.88. The minimum atomic E-state index is -3.43. The molecule has 0 atom stereocenters. The number of primary amides is 2. The Hall–Kier alpha value is -4.15. The number of nitrogens with zero attached hydrogens (tertiary/aromatic N) is 1. The zero-order valence-electron chi connectivity index (χ0n) is 22.0. The van der Waals surface area contributed by atoms with Crippen LogP contribution < -0.4 is 16.2 Å². The molecule has 10 heteroatoms. The van der Waals surface area contributed by atoms with Crippen LogP contribution in [-0.2, 0) is 10.0 Å². The lowest BCUT2D eigenvalue weighted by Crippen LogP contribution is -2.39. The number of rotatable bonds is 10. The minimum Gasteiger partial charge on any atom is -0.494 e. The van der Waals surface area contributed by atoms with Gasteiger partial charge in [0.1, 0.15) is 5.75 Å². The number of carbonyl (C=O) groups is 2. The smallest absolute Gasteiger partial charge is 0.250 e. The topological polar surface area (TPSA) is 149 Å². The van der Waals surface area contributed by atoms with E-state index in [9.17, 15) is 18.0 Å². The van der Waals surface area contributed by atoms with Gasteiger partial charge in [0.05, 0.1) is 23.4 Å². The number of amides is 2. The van der Waals surface area contributed by atoms with Crippen LogP contribution >= 0.6 is 0 Å². The van der Waals surface area contributed by atoms with Gasteiger partial charge < -0.3 is 21.2 Å². The van der Waals surface area contributed by atoms with Gasteiger partial charge in [0.25, 0.3) is 5.91 Å². The molecule has 0 radical (unpaired) electrons. The molecule has 1 aliphatic rings. The van der Waals surface area contributed by atoms with Crippen molar-refractivity contribution in [2.24, 2.45) is 11.5 Å². The Kier molecular flexibility index (Phi) is 7.90. The van der Waals surface area contributed by atoms with Crippen LogP contribution in [-0.4, -0.2) is 55.0 Å². The molecular formula is C30H32N4O5S. The number of benzene rings is 3. The summed E-state index contributed by atoms with van der Waals surface area (Å²) in [5.41, 5.74) is 15.5. The van der Waals surface area contributed by atoms with Gasteiger partial charge in [0.15, 0.2) is 0 Å². The van der Waals surface area contributed by atoms with Crippen LogP contribution in [0.4, 0.5) is 0 Å². The molecule has 2 amide bonds. The fourth-order valence-electron chi connectivity index (χ4n) is 5.30. The maximum absolute atomic E-state index is 13.0. The van der Waals surface area contributed by atoms with Gasteiger partial charge >= 0.3 is 0 Å². The van der Waals surface area contributed by atoms with Crippen LogP contribution in [0.15, 0.2) is 72.9 Å². The number of fused-ring (bicyclic) bond motifs is 1. The summed E-state index contributed by atoms with van der Waals surface area (Å²) in [6.07, 6.45) is 3.63. The fourth-order valence-corrected chi connectivity index (χ4v) is 6.81. The Morgan fingerprint density at radius 1 is 0.925 bits per heavy atom. The van der Waals surface area contributed by atoms with E-state index in [1.54, 1.807) is 28.6 Å². The van der Waals surface area contributed by atoms with E-state index in [1.807, 2.05) is 42.6 Å². The number of hydrogen-bond donors (Lipinski definition) is 3. The normalized spacial score (nSPS) is 14.8. The predicted molar refractivity (Wildman–Crippen MR) is 155 cm³/mol. The van der Waals surface area contributed by atoms with Crippen molar-refractivity contribution in [3.8, 4) is 16.9 Å². The largest absolute Gasteiger partial charge is 0.494 e. The summed E-state index contributed by atoms with van der Waals surface area (Å²) < 4.78 is 33.2. The summed E-state index contributed by atoms with van der Waals surface area (Å²) in [5.74, 6) is -0.315. The first-order valence-corrected chi connectivity index (χ1v) is 14.8. The highest BCUT2D eigenvalue weighted by Crippen LogP contribution is 2.37. The molecule has 1 fully saturated rings. The van der Waals surface area contributed by atoms with Gasteiger partial charge in [0.2, 0.25) is 15.9 Å². The van der Waals surface area contributed by atoms with Crippen molar-refractivity contribution in [2.45, 2.75) is 25.2 Å². The van der Waals surface area contributed by atoms with Crippen LogP contribution in [0, 0.1) is 0 Å². The average molecular weight is 561 g/mol. The number of carbonyl (C=O) groups excluding carboxylic acids is 2. The molecule has 0 saturated carbocycles. The number of piperidine rings is 1. The van der Waals surface area contributed by atoms with Crippen LogP contribution in [0.1, 0.15) is 51.5 Å². The summed E-state index contributed by atoms with van der Waals surface area (Å²) in [4.78, 5) is 26.7. The second kappa shape index (κ2) is 11.5. The lowest BCUT2D eigenvalue weighted by molar-refractivity contribution is 0.0992. The summed E-state index contributed by atoms with van der Waals surface area (Å²) >= 11 is 0. The highest BCUT2D eigenvalue weighted by atomic mass is 32.2. The van der Waals surface area contributed by atoms with Crippen molar-refractivity contribution in [3.05, 3.63) is 89.6 Å². The second-order valence-electron chi connectivity index (χ2n) is 10.0. The molecule has 1 aliphatic heterocycles. The van der Waals surface area contributed by atoms with E-state index in [0.717, 1.165) is 22.1 Å². The Balaban J connectivity index is 1.22. The number of ether oxygens (including phenoxy) is 1. The molecular weight excluding hydrogens is 528 g/mol. The molecule has 4 aromatic rings. The van der Waals surface area contributed by atoms with Crippen molar-refractivity contribution in [1.82, 2.24) is 9.29 Å². The van der Waals surface area contributed by atoms with Gasteiger partial charge in [-0.05, 0) is 78.3 Å². The van der Waals surface area contributed by atoms with Crippen molar-refractivity contribution in [1.29, 1.82) is 0 Å². The van der Waals surface area contributed by atoms with Crippen LogP contribution in [0.5, 0.6) is 5.75 Å². The zero-order valence-corrected chi connectivity index (χ0v) is 22.8. The minimum absolute atomic E-state index is 0.00741. The quantitative estimate of drug-likeness (QED) is 0.251. The molecule has 0 bridgehead atoms. The van der Waals surface area contributed by atoms with Crippen molar-refractivity contribution in [2.75, 3.05) is 25.4 Å². The van der Waals surface area contributed by atoms with Crippen molar-refractivity contribution < 1.29 is 22.7 Å². The number of H-pyrrole nitrogens is 1. The molecule has 5 N–H and O–H groups in total. The first kappa shape index (κ1) is 27.4. The SMILES string of the molecule is NC(=O)c1ccc(OCCCS(=O)(=O)N2CCC(c3c[nH]c4c(C(N)=O)cc(-c5ccccc5)cc34)CC2)cc1. The molecule has 208 valence electrons. The van der Waals surface area contributed by atoms with E-state index in [4.69, 9.17) is 16.2 Å². The Bertz CT molecular complexity index is 1620. The number of aromatic amines is 1. The fraction of sp³-hybridized carbons (Fsp3) is 0.267. The van der Waals surface area contributed by atoms with Gasteiger partial charge in [-0.15, -0.1) is 0 Å². The van der Waals surface area contributed by atoms with Crippen molar-refractivity contribution >= 4 is 32.7 Å². The van der Waals surface area contributed by atoms with Crippen LogP contribution in [0.3, 0.4) is 0 Å². The molecule has 5 rings (SSSR count). The average Bonchev–Trinajstić information content (AvgIpc) is 3.39. The first-order chi connectivity index (χ1) is 19.2. The standard InChI is InChI=1S/C30H32N4O5S/c31-29(35)22-7-9-24(10-8-22)39-15-4-16-40(37,38)34-13-11-21(12-14-34)27-19-33-28-25(27)17-23(18-26(28)30(32)36)20-5-2-1-3-6-20/h1-3,5-10,17-19,21,33H,4,11-16H2,(H2,31,35)(H2,32,36). The number of sulfonamides is 1. The molecule has 40 heavy (non-hydrogen) atoms. The third-order valence-electron chi connectivity index (χ3n) is 7.44.